The van der Waals surface area contributed by atoms with Gasteiger partial charge in [-0.05, 0) is 19.1 Å². The Kier molecular flexibility index (Phi) is 4.38. The van der Waals surface area contributed by atoms with E-state index in [0.717, 1.165) is 0 Å². The highest BCUT2D eigenvalue weighted by molar-refractivity contribution is 5.74. The molecule has 1 aromatic rings. The summed E-state index contributed by atoms with van der Waals surface area (Å²) in [5.74, 6) is 0.507. The lowest BCUT2D eigenvalue weighted by Crippen LogP contribution is -2.17. The lowest BCUT2D eigenvalue weighted by molar-refractivity contribution is -0.140. The van der Waals surface area contributed by atoms with Crippen molar-refractivity contribution < 1.29 is 14.3 Å². The van der Waals surface area contributed by atoms with Gasteiger partial charge in [0.05, 0.1) is 19.4 Å². The second kappa shape index (κ2) is 5.79. The molecule has 0 radical (unpaired) electrons. The number of hydrogen-bond donors (Lipinski definition) is 2. The first kappa shape index (κ1) is 12.1. The van der Waals surface area contributed by atoms with Crippen LogP contribution in [0.2, 0.25) is 0 Å². The van der Waals surface area contributed by atoms with Crippen LogP contribution in [0, 0.1) is 0 Å². The van der Waals surface area contributed by atoms with Crippen molar-refractivity contribution in [2.45, 2.75) is 6.92 Å². The molecule has 6 heteroatoms. The van der Waals surface area contributed by atoms with Gasteiger partial charge in [0.15, 0.2) is 0 Å². The van der Waals surface area contributed by atoms with Gasteiger partial charge < -0.3 is 20.5 Å². The van der Waals surface area contributed by atoms with E-state index in [0.29, 0.717) is 24.0 Å². The summed E-state index contributed by atoms with van der Waals surface area (Å²) in [7, 11) is 1.48. The molecule has 6 nitrogen and oxygen atoms in total. The number of carbonyl (C=O) groups excluding carboxylic acids is 1. The van der Waals surface area contributed by atoms with Gasteiger partial charge >= 0.3 is 5.97 Å². The van der Waals surface area contributed by atoms with Crippen molar-refractivity contribution in [2.24, 2.45) is 0 Å². The Labute approximate surface area is 93.8 Å². The second-order valence-electron chi connectivity index (χ2n) is 2.95. The van der Waals surface area contributed by atoms with E-state index in [1.54, 1.807) is 19.1 Å². The van der Waals surface area contributed by atoms with Crippen LogP contribution in [-0.2, 0) is 9.53 Å². The van der Waals surface area contributed by atoms with Crippen molar-refractivity contribution in [1.29, 1.82) is 0 Å². The highest BCUT2D eigenvalue weighted by Crippen LogP contribution is 2.19. The van der Waals surface area contributed by atoms with E-state index in [1.807, 2.05) is 0 Å². The van der Waals surface area contributed by atoms with Crippen molar-refractivity contribution in [1.82, 2.24) is 4.98 Å². The molecule has 16 heavy (non-hydrogen) atoms. The van der Waals surface area contributed by atoms with Crippen LogP contribution in [0.25, 0.3) is 0 Å². The summed E-state index contributed by atoms with van der Waals surface area (Å²) in [5.41, 5.74) is 6.05. The predicted molar refractivity (Wildman–Crippen MR) is 60.3 cm³/mol. The number of esters is 1. The summed E-state index contributed by atoms with van der Waals surface area (Å²) >= 11 is 0. The van der Waals surface area contributed by atoms with E-state index in [1.165, 1.54) is 7.11 Å². The lowest BCUT2D eigenvalue weighted by Gasteiger charge is -2.08. The minimum atomic E-state index is -0.333. The number of carbonyl (C=O) groups is 1. The molecule has 0 amide bonds. The Morgan fingerprint density at radius 2 is 2.31 bits per heavy atom. The number of anilines is 2. The number of hydrogen-bond acceptors (Lipinski definition) is 6. The Bertz CT molecular complexity index is 368. The van der Waals surface area contributed by atoms with E-state index in [4.69, 9.17) is 15.2 Å². The largest absolute Gasteiger partial charge is 0.479 e. The Hall–Kier alpha value is -1.98. The van der Waals surface area contributed by atoms with E-state index in [-0.39, 0.29) is 12.5 Å². The van der Waals surface area contributed by atoms with Crippen LogP contribution in [0.4, 0.5) is 11.5 Å². The van der Waals surface area contributed by atoms with E-state index >= 15 is 0 Å². The predicted octanol–water partition coefficient (Wildman–Crippen LogP) is 0.647. The van der Waals surface area contributed by atoms with E-state index < -0.39 is 0 Å². The number of nitrogens with zero attached hydrogens (tertiary/aromatic N) is 1. The zero-order valence-electron chi connectivity index (χ0n) is 9.32. The van der Waals surface area contributed by atoms with Gasteiger partial charge in [0.25, 0.3) is 0 Å². The van der Waals surface area contributed by atoms with Gasteiger partial charge in [-0.15, -0.1) is 0 Å². The minimum Gasteiger partial charge on any atom is -0.479 e. The number of nitrogens with one attached hydrogen (secondary N) is 1. The molecule has 3 N–H and O–H groups in total. The smallest absolute Gasteiger partial charge is 0.325 e. The number of pyridine rings is 1. The number of nitrogens with two attached hydrogens (primary N) is 1. The third-order valence-corrected chi connectivity index (χ3v) is 1.80. The molecule has 0 bridgehead atoms. The maximum atomic E-state index is 11.1. The number of rotatable bonds is 5. The van der Waals surface area contributed by atoms with Crippen LogP contribution < -0.4 is 15.8 Å². The third kappa shape index (κ3) is 3.30. The van der Waals surface area contributed by atoms with Crippen molar-refractivity contribution in [2.75, 3.05) is 31.3 Å². The van der Waals surface area contributed by atoms with Gasteiger partial charge in [0.1, 0.15) is 12.4 Å². The summed E-state index contributed by atoms with van der Waals surface area (Å²) in [6, 6.07) is 3.32. The second-order valence-corrected chi connectivity index (χ2v) is 2.95. The van der Waals surface area contributed by atoms with Gasteiger partial charge in [-0.25, -0.2) is 0 Å². The monoisotopic (exact) mass is 225 g/mol. The molecule has 0 atom stereocenters. The fourth-order valence-corrected chi connectivity index (χ4v) is 1.09. The molecule has 1 heterocycles. The topological polar surface area (TPSA) is 86.5 Å². The molecule has 1 aromatic heterocycles. The SMILES string of the molecule is CCOC(=O)CNc1ccc(N)c(OC)n1. The average molecular weight is 225 g/mol. The van der Waals surface area contributed by atoms with E-state index in [2.05, 4.69) is 10.3 Å². The summed E-state index contributed by atoms with van der Waals surface area (Å²) in [6.07, 6.45) is 0. The molecule has 0 aromatic carbocycles. The molecule has 0 spiro atoms. The van der Waals surface area contributed by atoms with Crippen LogP contribution in [0.3, 0.4) is 0 Å². The first-order valence-electron chi connectivity index (χ1n) is 4.87. The number of nitrogen functional groups attached to an aromatic ring is 1. The molecule has 0 saturated heterocycles. The summed E-state index contributed by atoms with van der Waals surface area (Å²) in [4.78, 5) is 15.1. The average Bonchev–Trinajstić information content (AvgIpc) is 2.28. The molecule has 0 unspecified atom stereocenters. The molecule has 0 saturated carbocycles. The first-order chi connectivity index (χ1) is 7.67. The van der Waals surface area contributed by atoms with Crippen LogP contribution in [0.15, 0.2) is 12.1 Å². The van der Waals surface area contributed by atoms with Crippen molar-refractivity contribution in [3.05, 3.63) is 12.1 Å². The number of aromatic nitrogens is 1. The first-order valence-corrected chi connectivity index (χ1v) is 4.87. The molecular weight excluding hydrogens is 210 g/mol. The van der Waals surface area contributed by atoms with Gasteiger partial charge in [0, 0.05) is 0 Å². The molecule has 0 aliphatic rings. The zero-order valence-corrected chi connectivity index (χ0v) is 9.32. The van der Waals surface area contributed by atoms with Gasteiger partial charge in [0.2, 0.25) is 5.88 Å². The fraction of sp³-hybridized carbons (Fsp3) is 0.400. The van der Waals surface area contributed by atoms with Crippen LogP contribution in [0.1, 0.15) is 6.92 Å². The molecule has 0 aliphatic heterocycles. The lowest BCUT2D eigenvalue weighted by atomic mass is 10.4. The standard InChI is InChI=1S/C10H15N3O3/c1-3-16-9(14)6-12-8-5-4-7(11)10(13-8)15-2/h4-5H,3,6,11H2,1-2H3,(H,12,13). The van der Waals surface area contributed by atoms with Crippen LogP contribution >= 0.6 is 0 Å². The van der Waals surface area contributed by atoms with Crippen molar-refractivity contribution >= 4 is 17.5 Å². The molecule has 0 aliphatic carbocycles. The quantitative estimate of drug-likeness (QED) is 0.715. The third-order valence-electron chi connectivity index (χ3n) is 1.80. The van der Waals surface area contributed by atoms with Gasteiger partial charge in [-0.1, -0.05) is 0 Å². The fourth-order valence-electron chi connectivity index (χ4n) is 1.09. The zero-order chi connectivity index (χ0) is 12.0. The highest BCUT2D eigenvalue weighted by atomic mass is 16.5. The van der Waals surface area contributed by atoms with Gasteiger partial charge in [-0.3, -0.25) is 4.79 Å². The minimum absolute atomic E-state index is 0.0634. The summed E-state index contributed by atoms with van der Waals surface area (Å²) in [5, 5.41) is 2.81. The molecule has 88 valence electrons. The number of methoxy groups -OCH3 is 1. The number of ether oxygens (including phenoxy) is 2. The Morgan fingerprint density at radius 1 is 1.56 bits per heavy atom. The Balaban J connectivity index is 2.57. The molecular formula is C10H15N3O3. The molecule has 1 rings (SSSR count). The summed E-state index contributed by atoms with van der Waals surface area (Å²) in [6.45, 7) is 2.18. The van der Waals surface area contributed by atoms with Crippen LogP contribution in [-0.4, -0.2) is 31.2 Å². The normalized spacial score (nSPS) is 9.62. The van der Waals surface area contributed by atoms with Crippen molar-refractivity contribution in [3.63, 3.8) is 0 Å². The van der Waals surface area contributed by atoms with Crippen molar-refractivity contribution in [3.8, 4) is 5.88 Å². The van der Waals surface area contributed by atoms with Gasteiger partial charge in [-0.2, -0.15) is 4.98 Å². The van der Waals surface area contributed by atoms with E-state index in [9.17, 15) is 4.79 Å². The van der Waals surface area contributed by atoms with Crippen LogP contribution in [0.5, 0.6) is 5.88 Å². The molecule has 0 fully saturated rings. The highest BCUT2D eigenvalue weighted by Gasteiger charge is 2.05. The maximum Gasteiger partial charge on any atom is 0.325 e. The summed E-state index contributed by atoms with van der Waals surface area (Å²) < 4.78 is 9.71. The maximum absolute atomic E-state index is 11.1. The Morgan fingerprint density at radius 3 is 2.94 bits per heavy atom.